The first-order chi connectivity index (χ1) is 12.7. The fraction of sp³-hybridized carbons (Fsp3) is 0.350. The number of hydrogen-bond donors (Lipinski definition) is 2. The third-order valence-corrected chi connectivity index (χ3v) is 4.42. The zero-order valence-electron chi connectivity index (χ0n) is 15.9. The van der Waals surface area contributed by atoms with Crippen molar-refractivity contribution in [2.75, 3.05) is 7.11 Å². The molecule has 2 heterocycles. The zero-order valence-corrected chi connectivity index (χ0v) is 15.9. The summed E-state index contributed by atoms with van der Waals surface area (Å²) in [5, 5.41) is 14.6. The smallest absolute Gasteiger partial charge is 0.341 e. The van der Waals surface area contributed by atoms with Gasteiger partial charge in [-0.15, -0.1) is 0 Å². The number of methoxy groups -OCH3 is 1. The molecule has 142 valence electrons. The lowest BCUT2D eigenvalue weighted by Crippen LogP contribution is -2.16. The third kappa shape index (κ3) is 3.86. The summed E-state index contributed by atoms with van der Waals surface area (Å²) in [5.41, 5.74) is 1.33. The minimum atomic E-state index is -1.25. The number of aromatic nitrogens is 3. The molecule has 0 aliphatic heterocycles. The molecule has 0 aliphatic carbocycles. The highest BCUT2D eigenvalue weighted by molar-refractivity contribution is 5.94. The number of nitrogens with zero attached hydrogens (tertiary/aromatic N) is 2. The van der Waals surface area contributed by atoms with Gasteiger partial charge < -0.3 is 14.8 Å². The molecule has 1 aromatic carbocycles. The Morgan fingerprint density at radius 3 is 2.63 bits per heavy atom. The van der Waals surface area contributed by atoms with Crippen molar-refractivity contribution in [2.45, 2.75) is 33.7 Å². The van der Waals surface area contributed by atoms with Gasteiger partial charge in [0.2, 0.25) is 0 Å². The predicted molar refractivity (Wildman–Crippen MR) is 103 cm³/mol. The molecule has 0 saturated heterocycles. The van der Waals surface area contributed by atoms with Gasteiger partial charge in [0.25, 0.3) is 0 Å². The van der Waals surface area contributed by atoms with E-state index in [4.69, 9.17) is 9.84 Å². The quantitative estimate of drug-likeness (QED) is 0.717. The Morgan fingerprint density at radius 1 is 1.30 bits per heavy atom. The molecule has 0 unspecified atom stereocenters. The number of hydrogen-bond acceptors (Lipinski definition) is 4. The second kappa shape index (κ2) is 6.90. The van der Waals surface area contributed by atoms with E-state index in [1.807, 2.05) is 22.9 Å². The Labute approximate surface area is 156 Å². The molecule has 0 fully saturated rings. The Kier molecular flexibility index (Phi) is 4.78. The van der Waals surface area contributed by atoms with E-state index in [2.05, 4.69) is 30.9 Å². The molecule has 7 heteroatoms. The number of aromatic carboxylic acids is 1. The predicted octanol–water partition coefficient (Wildman–Crippen LogP) is 3.53. The number of carboxylic acids is 1. The second-order valence-electron chi connectivity index (χ2n) is 7.70. The molecular weight excluding hydrogens is 346 g/mol. The largest absolute Gasteiger partial charge is 0.497 e. The van der Waals surface area contributed by atoms with Gasteiger partial charge in [0.05, 0.1) is 24.0 Å². The van der Waals surface area contributed by atoms with Gasteiger partial charge in [-0.3, -0.25) is 9.48 Å². The van der Waals surface area contributed by atoms with Crippen LogP contribution in [0.2, 0.25) is 0 Å². The molecule has 7 nitrogen and oxygen atoms in total. The van der Waals surface area contributed by atoms with Crippen LogP contribution in [-0.4, -0.2) is 33.0 Å². The highest BCUT2D eigenvalue weighted by atomic mass is 16.5. The average Bonchev–Trinajstić information content (AvgIpc) is 2.96. The lowest BCUT2D eigenvalue weighted by atomic mass is 9.92. The van der Waals surface area contributed by atoms with Crippen LogP contribution in [0.4, 0.5) is 0 Å². The molecule has 3 rings (SSSR count). The van der Waals surface area contributed by atoms with Crippen LogP contribution in [0.3, 0.4) is 0 Å². The number of rotatable bonds is 5. The topological polar surface area (TPSA) is 97.2 Å². The first-order valence-corrected chi connectivity index (χ1v) is 8.70. The van der Waals surface area contributed by atoms with Gasteiger partial charge in [0.1, 0.15) is 11.3 Å². The van der Waals surface area contributed by atoms with Gasteiger partial charge in [0, 0.05) is 30.3 Å². The van der Waals surface area contributed by atoms with Crippen molar-refractivity contribution in [3.8, 4) is 17.1 Å². The molecular formula is C20H23N3O4. The van der Waals surface area contributed by atoms with Crippen molar-refractivity contribution < 1.29 is 14.6 Å². The molecule has 0 aliphatic rings. The number of H-pyrrole nitrogens is 1. The minimum absolute atomic E-state index is 0.119. The number of fused-ring (bicyclic) bond motifs is 1. The first-order valence-electron chi connectivity index (χ1n) is 8.70. The van der Waals surface area contributed by atoms with E-state index < -0.39 is 11.4 Å². The van der Waals surface area contributed by atoms with Gasteiger partial charge in [-0.1, -0.05) is 20.8 Å². The summed E-state index contributed by atoms with van der Waals surface area (Å²) in [7, 11) is 1.60. The van der Waals surface area contributed by atoms with Crippen molar-refractivity contribution in [1.29, 1.82) is 0 Å². The molecule has 0 saturated carbocycles. The molecule has 0 bridgehead atoms. The fourth-order valence-corrected chi connectivity index (χ4v) is 2.90. The van der Waals surface area contributed by atoms with E-state index in [-0.39, 0.29) is 11.0 Å². The summed E-state index contributed by atoms with van der Waals surface area (Å²) in [6, 6.07) is 6.90. The summed E-state index contributed by atoms with van der Waals surface area (Å²) in [5.74, 6) is -0.553. The number of carbonyl (C=O) groups is 1. The van der Waals surface area contributed by atoms with Crippen LogP contribution in [0.15, 0.2) is 35.3 Å². The Balaban J connectivity index is 2.18. The van der Waals surface area contributed by atoms with Crippen molar-refractivity contribution in [3.05, 3.63) is 46.2 Å². The Morgan fingerprint density at radius 2 is 2.04 bits per heavy atom. The molecule has 2 N–H and O–H groups in total. The molecule has 0 atom stereocenters. The second-order valence-corrected chi connectivity index (χ2v) is 7.70. The summed E-state index contributed by atoms with van der Waals surface area (Å²) in [6.45, 7) is 7.13. The molecule has 2 aromatic heterocycles. The van der Waals surface area contributed by atoms with Crippen molar-refractivity contribution >= 4 is 16.9 Å². The highest BCUT2D eigenvalue weighted by Gasteiger charge is 2.19. The maximum absolute atomic E-state index is 12.2. The van der Waals surface area contributed by atoms with Crippen LogP contribution in [0, 0.1) is 5.41 Å². The number of aromatic amines is 1. The maximum atomic E-state index is 12.2. The molecule has 27 heavy (non-hydrogen) atoms. The standard InChI is InChI=1S/C20H23N3O4/c1-20(2,3)7-8-23-18(13-6-5-12(27-4)9-15(13)22-23)16-10-17(24)14(11-21-16)19(25)26/h5-6,9-11H,7-8H2,1-4H3,(H,21,24)(H,25,26). The van der Waals surface area contributed by atoms with Crippen molar-refractivity contribution in [3.63, 3.8) is 0 Å². The van der Waals surface area contributed by atoms with E-state index in [0.717, 1.165) is 23.0 Å². The molecule has 0 amide bonds. The monoisotopic (exact) mass is 369 g/mol. The average molecular weight is 369 g/mol. The van der Waals surface area contributed by atoms with Crippen molar-refractivity contribution in [1.82, 2.24) is 14.8 Å². The highest BCUT2D eigenvalue weighted by Crippen LogP contribution is 2.31. The number of nitrogens with one attached hydrogen (secondary N) is 1. The van der Waals surface area contributed by atoms with Crippen LogP contribution in [0.5, 0.6) is 5.75 Å². The number of ether oxygens (including phenoxy) is 1. The summed E-state index contributed by atoms with van der Waals surface area (Å²) >= 11 is 0. The van der Waals surface area contributed by atoms with Crippen LogP contribution in [0.1, 0.15) is 37.6 Å². The van der Waals surface area contributed by atoms with Crippen LogP contribution in [0.25, 0.3) is 22.3 Å². The number of carboxylic acid groups (broad SMARTS) is 1. The Hall–Kier alpha value is -3.09. The molecule has 3 aromatic rings. The first kappa shape index (κ1) is 18.7. The zero-order chi connectivity index (χ0) is 19.8. The van der Waals surface area contributed by atoms with E-state index in [9.17, 15) is 9.59 Å². The SMILES string of the molecule is COc1ccc2c(-c3cc(=O)c(C(=O)O)c[nH]3)n(CCC(C)(C)C)nc2c1. The van der Waals surface area contributed by atoms with Crippen LogP contribution < -0.4 is 10.2 Å². The van der Waals surface area contributed by atoms with E-state index in [0.29, 0.717) is 18.0 Å². The normalized spacial score (nSPS) is 11.7. The van der Waals surface area contributed by atoms with Crippen LogP contribution >= 0.6 is 0 Å². The molecule has 0 radical (unpaired) electrons. The summed E-state index contributed by atoms with van der Waals surface area (Å²) < 4.78 is 7.14. The van der Waals surface area contributed by atoms with Gasteiger partial charge in [-0.05, 0) is 24.0 Å². The lowest BCUT2D eigenvalue weighted by Gasteiger charge is -2.18. The fourth-order valence-electron chi connectivity index (χ4n) is 2.90. The number of pyridine rings is 1. The number of aryl methyl sites for hydroxylation is 1. The van der Waals surface area contributed by atoms with Gasteiger partial charge in [-0.2, -0.15) is 5.10 Å². The van der Waals surface area contributed by atoms with Crippen molar-refractivity contribution in [2.24, 2.45) is 5.41 Å². The van der Waals surface area contributed by atoms with Gasteiger partial charge >= 0.3 is 5.97 Å². The maximum Gasteiger partial charge on any atom is 0.341 e. The molecule has 0 spiro atoms. The van der Waals surface area contributed by atoms with Crippen LogP contribution in [-0.2, 0) is 6.54 Å². The third-order valence-electron chi connectivity index (χ3n) is 4.42. The lowest BCUT2D eigenvalue weighted by molar-refractivity contribution is 0.0695. The Bertz CT molecular complexity index is 1060. The van der Waals surface area contributed by atoms with Gasteiger partial charge in [0.15, 0.2) is 5.43 Å². The van der Waals surface area contributed by atoms with E-state index in [1.54, 1.807) is 7.11 Å². The van der Waals surface area contributed by atoms with E-state index >= 15 is 0 Å². The van der Waals surface area contributed by atoms with Gasteiger partial charge in [-0.25, -0.2) is 4.79 Å². The van der Waals surface area contributed by atoms with E-state index in [1.165, 1.54) is 12.3 Å². The summed E-state index contributed by atoms with van der Waals surface area (Å²) in [6.07, 6.45) is 2.12. The number of benzene rings is 1. The summed E-state index contributed by atoms with van der Waals surface area (Å²) in [4.78, 5) is 26.3. The minimum Gasteiger partial charge on any atom is -0.497 e.